The first-order chi connectivity index (χ1) is 9.78. The molecule has 116 valence electrons. The minimum absolute atomic E-state index is 0.0575. The smallest absolute Gasteiger partial charge is 0.329 e. The van der Waals surface area contributed by atoms with Crippen LogP contribution in [0.1, 0.15) is 27.2 Å². The molecule has 0 saturated heterocycles. The molecule has 1 amide bonds. The number of benzene rings is 1. The van der Waals surface area contributed by atoms with Gasteiger partial charge in [0.2, 0.25) is 5.91 Å². The van der Waals surface area contributed by atoms with E-state index in [9.17, 15) is 14.0 Å². The van der Waals surface area contributed by atoms with E-state index in [1.54, 1.807) is 6.92 Å². The molecule has 0 aromatic heterocycles. The average Bonchev–Trinajstić information content (AvgIpc) is 2.41. The van der Waals surface area contributed by atoms with Gasteiger partial charge in [-0.2, -0.15) is 0 Å². The topological polar surface area (TPSA) is 66.8 Å². The number of carboxylic acids is 1. The Kier molecular flexibility index (Phi) is 5.69. The Morgan fingerprint density at radius 2 is 1.86 bits per heavy atom. The zero-order chi connectivity index (χ0) is 16.0. The maximum absolute atomic E-state index is 12.7. The van der Waals surface area contributed by atoms with Gasteiger partial charge in [-0.15, -0.1) is 0 Å². The van der Waals surface area contributed by atoms with Gasteiger partial charge in [0.05, 0.1) is 13.0 Å². The molecule has 6 heteroatoms. The normalized spacial score (nSPS) is 11.0. The van der Waals surface area contributed by atoms with Crippen LogP contribution >= 0.6 is 0 Å². The Morgan fingerprint density at radius 1 is 1.29 bits per heavy atom. The lowest BCUT2D eigenvalue weighted by atomic mass is 10.0. The molecule has 21 heavy (non-hydrogen) atoms. The quantitative estimate of drug-likeness (QED) is 0.838. The maximum atomic E-state index is 12.7. The van der Waals surface area contributed by atoms with Crippen LogP contribution in [0, 0.1) is 5.82 Å². The highest BCUT2D eigenvalue weighted by Crippen LogP contribution is 2.16. The monoisotopic (exact) mass is 297 g/mol. The Balaban J connectivity index is 2.55. The van der Waals surface area contributed by atoms with Crippen LogP contribution in [-0.2, 0) is 9.59 Å². The van der Waals surface area contributed by atoms with Crippen molar-refractivity contribution in [2.45, 2.75) is 32.7 Å². The molecule has 0 bridgehead atoms. The Hall–Kier alpha value is -2.11. The fraction of sp³-hybridized carbons (Fsp3) is 0.467. The van der Waals surface area contributed by atoms with Crippen LogP contribution in [0.15, 0.2) is 24.3 Å². The molecule has 0 heterocycles. The predicted molar refractivity (Wildman–Crippen MR) is 75.6 cm³/mol. The second-order valence-corrected chi connectivity index (χ2v) is 5.05. The van der Waals surface area contributed by atoms with Gasteiger partial charge in [-0.3, -0.25) is 4.79 Å². The summed E-state index contributed by atoms with van der Waals surface area (Å²) >= 11 is 0. The van der Waals surface area contributed by atoms with E-state index >= 15 is 0 Å². The summed E-state index contributed by atoms with van der Waals surface area (Å²) < 4.78 is 18.1. The van der Waals surface area contributed by atoms with Crippen LogP contribution in [0.4, 0.5) is 4.39 Å². The first-order valence-corrected chi connectivity index (χ1v) is 6.71. The van der Waals surface area contributed by atoms with E-state index in [1.165, 1.54) is 43.0 Å². The first-order valence-electron chi connectivity index (χ1n) is 6.71. The van der Waals surface area contributed by atoms with Crippen molar-refractivity contribution < 1.29 is 23.8 Å². The lowest BCUT2D eigenvalue weighted by Crippen LogP contribution is -2.53. The van der Waals surface area contributed by atoms with Gasteiger partial charge in [0.1, 0.15) is 17.1 Å². The third kappa shape index (κ3) is 4.44. The summed E-state index contributed by atoms with van der Waals surface area (Å²) in [4.78, 5) is 24.6. The highest BCUT2D eigenvalue weighted by atomic mass is 19.1. The summed E-state index contributed by atoms with van der Waals surface area (Å²) in [7, 11) is 0. The number of carboxylic acid groups (broad SMARTS) is 1. The van der Waals surface area contributed by atoms with Gasteiger partial charge in [0.15, 0.2) is 0 Å². The molecule has 1 N–H and O–H groups in total. The first kappa shape index (κ1) is 16.9. The number of rotatable bonds is 7. The van der Waals surface area contributed by atoms with E-state index in [0.29, 0.717) is 12.3 Å². The minimum Gasteiger partial charge on any atom is -0.493 e. The number of likely N-dealkylation sites (N-methyl/N-ethyl adjacent to an activating group) is 1. The van der Waals surface area contributed by atoms with E-state index in [0.717, 1.165) is 0 Å². The lowest BCUT2D eigenvalue weighted by Gasteiger charge is -2.34. The summed E-state index contributed by atoms with van der Waals surface area (Å²) in [6.07, 6.45) is 0.0575. The van der Waals surface area contributed by atoms with Gasteiger partial charge in [-0.05, 0) is 45.0 Å². The number of amides is 1. The second-order valence-electron chi connectivity index (χ2n) is 5.05. The van der Waals surface area contributed by atoms with Crippen LogP contribution in [0.2, 0.25) is 0 Å². The van der Waals surface area contributed by atoms with E-state index < -0.39 is 11.5 Å². The predicted octanol–water partition coefficient (Wildman–Crippen LogP) is 2.31. The van der Waals surface area contributed by atoms with Crippen LogP contribution in [0.3, 0.4) is 0 Å². The molecule has 1 rings (SSSR count). The Bertz CT molecular complexity index is 499. The highest BCUT2D eigenvalue weighted by molar-refractivity contribution is 5.86. The minimum atomic E-state index is -1.26. The van der Waals surface area contributed by atoms with Gasteiger partial charge in [0, 0.05) is 6.54 Å². The summed E-state index contributed by atoms with van der Waals surface area (Å²) in [5, 5.41) is 9.16. The van der Waals surface area contributed by atoms with Crippen LogP contribution < -0.4 is 4.74 Å². The summed E-state index contributed by atoms with van der Waals surface area (Å²) in [6.45, 7) is 5.10. The third-order valence-corrected chi connectivity index (χ3v) is 3.21. The Labute approximate surface area is 123 Å². The van der Waals surface area contributed by atoms with Crippen LogP contribution in [0.25, 0.3) is 0 Å². The molecule has 0 aliphatic heterocycles. The average molecular weight is 297 g/mol. The van der Waals surface area contributed by atoms with Crippen molar-refractivity contribution in [2.75, 3.05) is 13.2 Å². The number of aliphatic carboxylic acids is 1. The van der Waals surface area contributed by atoms with Crippen molar-refractivity contribution >= 4 is 11.9 Å². The third-order valence-electron chi connectivity index (χ3n) is 3.21. The summed E-state index contributed by atoms with van der Waals surface area (Å²) in [6, 6.07) is 5.48. The van der Waals surface area contributed by atoms with Crippen molar-refractivity contribution in [3.63, 3.8) is 0 Å². The molecule has 0 aliphatic rings. The molecule has 0 unspecified atom stereocenters. The molecule has 0 atom stereocenters. The fourth-order valence-corrected chi connectivity index (χ4v) is 1.92. The second kappa shape index (κ2) is 7.06. The Morgan fingerprint density at radius 3 is 2.33 bits per heavy atom. The summed E-state index contributed by atoms with van der Waals surface area (Å²) in [5.74, 6) is -1.26. The molecule has 1 aromatic carbocycles. The zero-order valence-electron chi connectivity index (χ0n) is 12.4. The lowest BCUT2D eigenvalue weighted by molar-refractivity contribution is -0.156. The zero-order valence-corrected chi connectivity index (χ0v) is 12.4. The van der Waals surface area contributed by atoms with E-state index in [-0.39, 0.29) is 24.8 Å². The number of halogens is 1. The number of ether oxygens (including phenoxy) is 1. The van der Waals surface area contributed by atoms with Gasteiger partial charge in [-0.25, -0.2) is 9.18 Å². The van der Waals surface area contributed by atoms with Gasteiger partial charge >= 0.3 is 5.97 Å². The van der Waals surface area contributed by atoms with Crippen molar-refractivity contribution in [2.24, 2.45) is 0 Å². The van der Waals surface area contributed by atoms with Crippen LogP contribution in [-0.4, -0.2) is 40.6 Å². The van der Waals surface area contributed by atoms with E-state index in [1.807, 2.05) is 0 Å². The number of nitrogens with zero attached hydrogens (tertiary/aromatic N) is 1. The van der Waals surface area contributed by atoms with E-state index in [2.05, 4.69) is 0 Å². The van der Waals surface area contributed by atoms with Gasteiger partial charge in [-0.1, -0.05) is 0 Å². The molecule has 0 spiro atoms. The molecule has 1 aromatic rings. The molecule has 0 radical (unpaired) electrons. The van der Waals surface area contributed by atoms with Crippen molar-refractivity contribution in [1.82, 2.24) is 4.90 Å². The molecule has 0 saturated carbocycles. The van der Waals surface area contributed by atoms with Crippen molar-refractivity contribution in [3.05, 3.63) is 30.1 Å². The SMILES string of the molecule is CCN(C(=O)CCOc1ccc(F)cc1)C(C)(C)C(=O)O. The van der Waals surface area contributed by atoms with E-state index in [4.69, 9.17) is 9.84 Å². The molecular formula is C15H20FNO4. The fourth-order valence-electron chi connectivity index (χ4n) is 1.92. The summed E-state index contributed by atoms with van der Waals surface area (Å²) in [5.41, 5.74) is -1.26. The number of hydrogen-bond acceptors (Lipinski definition) is 3. The highest BCUT2D eigenvalue weighted by Gasteiger charge is 2.36. The molecule has 0 fully saturated rings. The molecule has 0 aliphatic carbocycles. The maximum Gasteiger partial charge on any atom is 0.329 e. The number of hydrogen-bond donors (Lipinski definition) is 1. The molecular weight excluding hydrogens is 277 g/mol. The van der Waals surface area contributed by atoms with Gasteiger partial charge in [0.25, 0.3) is 0 Å². The number of carbonyl (C=O) groups excluding carboxylic acids is 1. The van der Waals surface area contributed by atoms with Crippen molar-refractivity contribution in [3.8, 4) is 5.75 Å². The van der Waals surface area contributed by atoms with Crippen LogP contribution in [0.5, 0.6) is 5.75 Å². The van der Waals surface area contributed by atoms with Gasteiger partial charge < -0.3 is 14.7 Å². The largest absolute Gasteiger partial charge is 0.493 e. The number of carbonyl (C=O) groups is 2. The molecule has 5 nitrogen and oxygen atoms in total. The van der Waals surface area contributed by atoms with Crippen molar-refractivity contribution in [1.29, 1.82) is 0 Å². The standard InChI is InChI=1S/C15H20FNO4/c1-4-17(15(2,3)14(19)20)13(18)9-10-21-12-7-5-11(16)6-8-12/h5-8H,4,9-10H2,1-3H3,(H,19,20).